The Morgan fingerprint density at radius 3 is 2.35 bits per heavy atom. The molecule has 0 radical (unpaired) electrons. The normalized spacial score (nSPS) is 30.9. The molecule has 7 saturated heterocycles. The summed E-state index contributed by atoms with van der Waals surface area (Å²) in [5.41, 5.74) is 0.907. The Bertz CT molecular complexity index is 1480. The van der Waals surface area contributed by atoms with Crippen LogP contribution in [-0.4, -0.2) is 150 Å². The van der Waals surface area contributed by atoms with Crippen molar-refractivity contribution in [3.05, 3.63) is 35.9 Å². The second kappa shape index (κ2) is 15.7. The summed E-state index contributed by atoms with van der Waals surface area (Å²) in [5.74, 6) is -2.15. The summed E-state index contributed by atoms with van der Waals surface area (Å²) in [5, 5.41) is 6.00. The molecule has 7 fully saturated rings. The van der Waals surface area contributed by atoms with E-state index in [0.717, 1.165) is 24.9 Å². The number of hydrogen-bond acceptors (Lipinski definition) is 8. The minimum atomic E-state index is -0.915. The third-order valence-corrected chi connectivity index (χ3v) is 12.0. The summed E-state index contributed by atoms with van der Waals surface area (Å²) in [6.07, 6.45) is 4.25. The van der Waals surface area contributed by atoms with Gasteiger partial charge in [-0.05, 0) is 62.5 Å². The molecule has 276 valence electrons. The number of hydrogen-bond donors (Lipinski definition) is 2. The van der Waals surface area contributed by atoms with Crippen LogP contribution in [0, 0.1) is 11.8 Å². The van der Waals surface area contributed by atoms with E-state index in [1.54, 1.807) is 4.90 Å². The number of morpholine rings is 1. The van der Waals surface area contributed by atoms with Gasteiger partial charge in [-0.25, -0.2) is 0 Å². The maximum absolute atomic E-state index is 14.1. The number of piperidine rings is 2. The van der Waals surface area contributed by atoms with Gasteiger partial charge in [0.05, 0.1) is 19.3 Å². The van der Waals surface area contributed by atoms with Crippen LogP contribution in [0.4, 0.5) is 0 Å². The number of nitrogens with one attached hydrogen (secondary N) is 2. The number of rotatable bonds is 5. The van der Waals surface area contributed by atoms with Crippen LogP contribution in [0.25, 0.3) is 0 Å². The highest BCUT2D eigenvalue weighted by molar-refractivity contribution is 6.35. The van der Waals surface area contributed by atoms with Crippen molar-refractivity contribution in [2.24, 2.45) is 11.8 Å². The zero-order valence-corrected chi connectivity index (χ0v) is 29.4. The quantitative estimate of drug-likeness (QED) is 0.406. The molecule has 51 heavy (non-hydrogen) atoms. The number of carbonyl (C=O) groups excluding carboxylic acids is 6. The van der Waals surface area contributed by atoms with Gasteiger partial charge < -0.3 is 35.0 Å². The van der Waals surface area contributed by atoms with E-state index in [1.165, 1.54) is 4.90 Å². The molecule has 7 aliphatic heterocycles. The van der Waals surface area contributed by atoms with Crippen molar-refractivity contribution in [3.8, 4) is 0 Å². The molecule has 7 aliphatic rings. The minimum absolute atomic E-state index is 0.0416. The van der Waals surface area contributed by atoms with Gasteiger partial charge in [-0.2, -0.15) is 0 Å². The molecule has 7 heterocycles. The Hall–Kier alpha value is -4.04. The van der Waals surface area contributed by atoms with Gasteiger partial charge in [0.25, 0.3) is 0 Å². The SMILES string of the molecule is O=C1C[C@H]2CN(CC[C@H]2CC(=O)N2CCOCC2)C(=O)[C@@H]2CCCN2C2CCN(CC2)C(=O)C(=O)N2C[C@H](C[C@H]2C(=O)NCc2ccccc2)N1. The van der Waals surface area contributed by atoms with Crippen molar-refractivity contribution in [2.45, 2.75) is 82.1 Å². The van der Waals surface area contributed by atoms with Crippen LogP contribution < -0.4 is 10.6 Å². The highest BCUT2D eigenvalue weighted by Crippen LogP contribution is 2.34. The van der Waals surface area contributed by atoms with E-state index >= 15 is 0 Å². The molecule has 1 aromatic rings. The lowest BCUT2D eigenvalue weighted by atomic mass is 9.80. The second-order valence-corrected chi connectivity index (χ2v) is 15.1. The number of amides is 6. The molecule has 0 spiro atoms. The molecule has 0 saturated carbocycles. The number of ether oxygens (including phenoxy) is 1. The molecule has 2 N–H and O–H groups in total. The fraction of sp³-hybridized carbons (Fsp3) is 0.676. The predicted octanol–water partition coefficient (Wildman–Crippen LogP) is -0.0388. The number of benzene rings is 1. The van der Waals surface area contributed by atoms with Gasteiger partial charge in [-0.3, -0.25) is 33.7 Å². The summed E-state index contributed by atoms with van der Waals surface area (Å²) in [6, 6.07) is 7.88. The smallest absolute Gasteiger partial charge is 0.312 e. The van der Waals surface area contributed by atoms with Crippen LogP contribution in [0.15, 0.2) is 30.3 Å². The van der Waals surface area contributed by atoms with Crippen LogP contribution in [-0.2, 0) is 40.0 Å². The van der Waals surface area contributed by atoms with Gasteiger partial charge in [-0.15, -0.1) is 0 Å². The van der Waals surface area contributed by atoms with Gasteiger partial charge in [0, 0.05) is 77.3 Å². The molecular formula is C37H51N7O7. The van der Waals surface area contributed by atoms with Gasteiger partial charge in [0.2, 0.25) is 23.6 Å². The molecule has 6 amide bonds. The van der Waals surface area contributed by atoms with E-state index in [9.17, 15) is 28.8 Å². The molecule has 5 atom stereocenters. The maximum atomic E-state index is 14.1. The average molecular weight is 706 g/mol. The van der Waals surface area contributed by atoms with Crippen molar-refractivity contribution in [2.75, 3.05) is 65.6 Å². The first-order chi connectivity index (χ1) is 24.7. The zero-order valence-electron chi connectivity index (χ0n) is 29.4. The van der Waals surface area contributed by atoms with Crippen LogP contribution >= 0.6 is 0 Å². The Labute approximate surface area is 299 Å². The van der Waals surface area contributed by atoms with Crippen molar-refractivity contribution in [1.29, 1.82) is 0 Å². The minimum Gasteiger partial charge on any atom is -0.378 e. The monoisotopic (exact) mass is 705 g/mol. The Morgan fingerprint density at radius 1 is 0.843 bits per heavy atom. The molecule has 14 nitrogen and oxygen atoms in total. The third kappa shape index (κ3) is 7.91. The molecule has 8 rings (SSSR count). The van der Waals surface area contributed by atoms with E-state index in [1.807, 2.05) is 40.1 Å². The van der Waals surface area contributed by atoms with E-state index < -0.39 is 23.9 Å². The van der Waals surface area contributed by atoms with Gasteiger partial charge in [0.15, 0.2) is 0 Å². The third-order valence-electron chi connectivity index (χ3n) is 12.0. The fourth-order valence-electron chi connectivity index (χ4n) is 9.15. The molecule has 0 unspecified atom stereocenters. The zero-order chi connectivity index (χ0) is 35.5. The molecule has 0 aliphatic carbocycles. The van der Waals surface area contributed by atoms with Crippen LogP contribution in [0.5, 0.6) is 0 Å². The first kappa shape index (κ1) is 35.4. The average Bonchev–Trinajstić information content (AvgIpc) is 3.82. The predicted molar refractivity (Wildman–Crippen MR) is 184 cm³/mol. The van der Waals surface area contributed by atoms with Crippen molar-refractivity contribution >= 4 is 35.4 Å². The van der Waals surface area contributed by atoms with Crippen LogP contribution in [0.3, 0.4) is 0 Å². The second-order valence-electron chi connectivity index (χ2n) is 15.1. The molecule has 0 aromatic heterocycles. The van der Waals surface area contributed by atoms with Gasteiger partial charge in [0.1, 0.15) is 6.04 Å². The molecule has 6 bridgehead atoms. The molecule has 14 heteroatoms. The largest absolute Gasteiger partial charge is 0.378 e. The number of nitrogens with zero attached hydrogens (tertiary/aromatic N) is 5. The summed E-state index contributed by atoms with van der Waals surface area (Å²) in [4.78, 5) is 91.3. The van der Waals surface area contributed by atoms with Crippen LogP contribution in [0.2, 0.25) is 0 Å². The van der Waals surface area contributed by atoms with Crippen molar-refractivity contribution < 1.29 is 33.5 Å². The van der Waals surface area contributed by atoms with Crippen LogP contribution in [0.1, 0.15) is 56.9 Å². The molecule has 1 aromatic carbocycles. The summed E-state index contributed by atoms with van der Waals surface area (Å²) in [7, 11) is 0. The molecular weight excluding hydrogens is 654 g/mol. The van der Waals surface area contributed by atoms with Gasteiger partial charge in [-0.1, -0.05) is 30.3 Å². The Kier molecular flexibility index (Phi) is 10.9. The topological polar surface area (TPSA) is 152 Å². The number of fused-ring (bicyclic) bond motifs is 5. The van der Waals surface area contributed by atoms with E-state index in [-0.39, 0.29) is 73.5 Å². The fourth-order valence-corrected chi connectivity index (χ4v) is 9.15. The first-order valence-electron chi connectivity index (χ1n) is 18.9. The summed E-state index contributed by atoms with van der Waals surface area (Å²) in [6.45, 7) is 5.01. The Balaban J connectivity index is 1.12. The lowest BCUT2D eigenvalue weighted by Gasteiger charge is -2.43. The van der Waals surface area contributed by atoms with E-state index in [0.29, 0.717) is 78.2 Å². The van der Waals surface area contributed by atoms with Crippen molar-refractivity contribution in [1.82, 2.24) is 35.1 Å². The first-order valence-corrected chi connectivity index (χ1v) is 18.9. The van der Waals surface area contributed by atoms with E-state index in [2.05, 4.69) is 15.5 Å². The van der Waals surface area contributed by atoms with Gasteiger partial charge >= 0.3 is 11.8 Å². The maximum Gasteiger partial charge on any atom is 0.312 e. The number of carbonyl (C=O) groups is 6. The standard InChI is InChI=1S/C37H51N7O7/c45-32-19-27-23-42(12-8-26(27)20-33(46)40-15-17-51-18-16-40)35(48)30-7-4-11-43(30)29-9-13-41(14-10-29)36(49)37(50)44-24-28(39-32)21-31(44)34(47)38-22-25-5-2-1-3-6-25/h1-3,5-6,26-31H,4,7-24H2,(H,38,47)(H,39,45)/t26-,27-,28-,30-,31-/m0/s1. The van der Waals surface area contributed by atoms with Crippen molar-refractivity contribution in [3.63, 3.8) is 0 Å². The lowest BCUT2D eigenvalue weighted by Crippen LogP contribution is -2.57. The Morgan fingerprint density at radius 2 is 1.59 bits per heavy atom. The summed E-state index contributed by atoms with van der Waals surface area (Å²) >= 11 is 0. The lowest BCUT2D eigenvalue weighted by molar-refractivity contribution is -0.154. The van der Waals surface area contributed by atoms with E-state index in [4.69, 9.17) is 4.74 Å². The summed E-state index contributed by atoms with van der Waals surface area (Å²) < 4.78 is 5.44. The highest BCUT2D eigenvalue weighted by Gasteiger charge is 2.46. The highest BCUT2D eigenvalue weighted by atomic mass is 16.5.